The highest BCUT2D eigenvalue weighted by atomic mass is 16.5. The highest BCUT2D eigenvalue weighted by Gasteiger charge is 2.33. The van der Waals surface area contributed by atoms with E-state index in [1.54, 1.807) is 0 Å². The molecule has 1 saturated heterocycles. The molecule has 3 heteroatoms. The number of rotatable bonds is 7. The zero-order chi connectivity index (χ0) is 15.2. The van der Waals surface area contributed by atoms with Crippen molar-refractivity contribution in [2.75, 3.05) is 13.1 Å². The van der Waals surface area contributed by atoms with Crippen LogP contribution in [0.3, 0.4) is 0 Å². The van der Waals surface area contributed by atoms with Gasteiger partial charge >= 0.3 is 5.97 Å². The number of hydrogen-bond acceptors (Lipinski definition) is 3. The van der Waals surface area contributed by atoms with E-state index in [0.29, 0.717) is 12.0 Å². The average molecular weight is 295 g/mol. The van der Waals surface area contributed by atoms with Gasteiger partial charge in [-0.2, -0.15) is 0 Å². The van der Waals surface area contributed by atoms with Crippen molar-refractivity contribution < 1.29 is 9.53 Å². The van der Waals surface area contributed by atoms with E-state index in [1.165, 1.54) is 38.5 Å². The summed E-state index contributed by atoms with van der Waals surface area (Å²) in [6, 6.07) is 0.349. The molecule has 122 valence electrons. The first kappa shape index (κ1) is 16.8. The van der Waals surface area contributed by atoms with Gasteiger partial charge in [0.2, 0.25) is 0 Å². The number of carbonyl (C=O) groups excluding carboxylic acids is 1. The molecule has 1 aliphatic heterocycles. The van der Waals surface area contributed by atoms with Gasteiger partial charge in [0, 0.05) is 6.04 Å². The van der Waals surface area contributed by atoms with Crippen molar-refractivity contribution in [1.29, 1.82) is 0 Å². The van der Waals surface area contributed by atoms with Crippen molar-refractivity contribution >= 4 is 5.97 Å². The number of likely N-dealkylation sites (tertiary alicyclic amines) is 1. The molecule has 1 aliphatic carbocycles. The molecule has 1 saturated carbocycles. The molecule has 3 unspecified atom stereocenters. The molecule has 3 nitrogen and oxygen atoms in total. The Morgan fingerprint density at radius 3 is 2.33 bits per heavy atom. The van der Waals surface area contributed by atoms with Gasteiger partial charge in [0.1, 0.15) is 6.10 Å². The summed E-state index contributed by atoms with van der Waals surface area (Å²) in [6.45, 7) is 8.76. The van der Waals surface area contributed by atoms with Crippen molar-refractivity contribution in [2.24, 2.45) is 11.8 Å². The van der Waals surface area contributed by atoms with E-state index in [4.69, 9.17) is 4.74 Å². The lowest BCUT2D eigenvalue weighted by atomic mass is 9.87. The fraction of sp³-hybridized carbons (Fsp3) is 0.944. The lowest BCUT2D eigenvalue weighted by Gasteiger charge is -2.31. The van der Waals surface area contributed by atoms with Crippen LogP contribution in [0.1, 0.15) is 72.1 Å². The van der Waals surface area contributed by atoms with Crippen LogP contribution in [0, 0.1) is 11.8 Å². The third-order valence-corrected chi connectivity index (χ3v) is 5.57. The summed E-state index contributed by atoms with van der Waals surface area (Å²) in [5.74, 6) is 0.791. The van der Waals surface area contributed by atoms with Gasteiger partial charge in [0.15, 0.2) is 0 Å². The Kier molecular flexibility index (Phi) is 6.53. The number of esters is 1. The van der Waals surface area contributed by atoms with E-state index in [2.05, 4.69) is 25.7 Å². The lowest BCUT2D eigenvalue weighted by molar-refractivity contribution is -0.158. The number of hydrogen-bond donors (Lipinski definition) is 0. The van der Waals surface area contributed by atoms with Gasteiger partial charge < -0.3 is 4.74 Å². The minimum atomic E-state index is 0.0105. The zero-order valence-corrected chi connectivity index (χ0v) is 14.1. The molecule has 0 aromatic rings. The number of nitrogens with zero attached hydrogens (tertiary/aromatic N) is 1. The summed E-state index contributed by atoms with van der Waals surface area (Å²) in [5, 5.41) is 0. The first-order valence-electron chi connectivity index (χ1n) is 9.08. The Morgan fingerprint density at radius 2 is 1.76 bits per heavy atom. The van der Waals surface area contributed by atoms with E-state index in [-0.39, 0.29) is 18.0 Å². The van der Waals surface area contributed by atoms with Crippen LogP contribution in [-0.4, -0.2) is 36.1 Å². The normalized spacial score (nSPS) is 24.9. The SMILES string of the molecule is CCCC(C(=O)OC(C)C(C)N1CCCC1)C1CCCC1. The summed E-state index contributed by atoms with van der Waals surface area (Å²) in [4.78, 5) is 15.1. The number of ether oxygens (including phenoxy) is 1. The Morgan fingerprint density at radius 1 is 1.14 bits per heavy atom. The molecule has 2 rings (SSSR count). The Bertz CT molecular complexity index is 319. The van der Waals surface area contributed by atoms with E-state index < -0.39 is 0 Å². The molecule has 21 heavy (non-hydrogen) atoms. The quantitative estimate of drug-likeness (QED) is 0.665. The maximum Gasteiger partial charge on any atom is 0.309 e. The topological polar surface area (TPSA) is 29.5 Å². The van der Waals surface area contributed by atoms with E-state index >= 15 is 0 Å². The fourth-order valence-electron chi connectivity index (χ4n) is 4.03. The fourth-order valence-corrected chi connectivity index (χ4v) is 4.03. The predicted octanol–water partition coefficient (Wildman–Crippen LogP) is 4.01. The van der Waals surface area contributed by atoms with Gasteiger partial charge in [0.25, 0.3) is 0 Å². The van der Waals surface area contributed by atoms with Crippen LogP contribution in [-0.2, 0) is 9.53 Å². The van der Waals surface area contributed by atoms with Gasteiger partial charge in [-0.3, -0.25) is 9.69 Å². The van der Waals surface area contributed by atoms with Gasteiger partial charge in [0.05, 0.1) is 5.92 Å². The minimum absolute atomic E-state index is 0.0105. The lowest BCUT2D eigenvalue weighted by Crippen LogP contribution is -2.41. The van der Waals surface area contributed by atoms with Gasteiger partial charge in [-0.1, -0.05) is 26.2 Å². The molecule has 0 spiro atoms. The largest absolute Gasteiger partial charge is 0.461 e. The first-order valence-corrected chi connectivity index (χ1v) is 9.08. The summed E-state index contributed by atoms with van der Waals surface area (Å²) >= 11 is 0. The molecule has 0 aromatic heterocycles. The van der Waals surface area contributed by atoms with Crippen molar-refractivity contribution in [3.8, 4) is 0 Å². The van der Waals surface area contributed by atoms with Gasteiger partial charge in [-0.05, 0) is 65.0 Å². The smallest absolute Gasteiger partial charge is 0.309 e. The second-order valence-corrected chi connectivity index (χ2v) is 7.07. The molecule has 0 amide bonds. The Hall–Kier alpha value is -0.570. The van der Waals surface area contributed by atoms with E-state index in [1.807, 2.05) is 0 Å². The Balaban J connectivity index is 1.87. The highest BCUT2D eigenvalue weighted by Crippen LogP contribution is 2.34. The molecular formula is C18H33NO2. The molecule has 0 bridgehead atoms. The van der Waals surface area contributed by atoms with Crippen molar-refractivity contribution in [2.45, 2.75) is 84.3 Å². The molecule has 0 N–H and O–H groups in total. The third kappa shape index (κ3) is 4.45. The molecular weight excluding hydrogens is 262 g/mol. The van der Waals surface area contributed by atoms with Crippen molar-refractivity contribution in [3.05, 3.63) is 0 Å². The standard InChI is InChI=1S/C18H33NO2/c1-4-9-17(16-10-5-6-11-16)18(20)21-15(3)14(2)19-12-7-8-13-19/h14-17H,4-13H2,1-3H3. The van der Waals surface area contributed by atoms with Crippen molar-refractivity contribution in [3.63, 3.8) is 0 Å². The molecule has 2 aliphatic rings. The number of carbonyl (C=O) groups is 1. The molecule has 3 atom stereocenters. The van der Waals surface area contributed by atoms with Gasteiger partial charge in [-0.15, -0.1) is 0 Å². The van der Waals surface area contributed by atoms with E-state index in [0.717, 1.165) is 25.9 Å². The predicted molar refractivity (Wildman–Crippen MR) is 86.2 cm³/mol. The summed E-state index contributed by atoms with van der Waals surface area (Å²) in [7, 11) is 0. The zero-order valence-electron chi connectivity index (χ0n) is 14.1. The highest BCUT2D eigenvalue weighted by molar-refractivity contribution is 5.73. The Labute approximate surface area is 130 Å². The average Bonchev–Trinajstić information content (AvgIpc) is 3.16. The van der Waals surface area contributed by atoms with Crippen LogP contribution >= 0.6 is 0 Å². The first-order chi connectivity index (χ1) is 10.1. The molecule has 1 heterocycles. The maximum absolute atomic E-state index is 12.6. The molecule has 0 aromatic carbocycles. The molecule has 2 fully saturated rings. The van der Waals surface area contributed by atoms with Crippen LogP contribution in [0.2, 0.25) is 0 Å². The summed E-state index contributed by atoms with van der Waals surface area (Å²) in [6.07, 6.45) is 9.66. The van der Waals surface area contributed by atoms with Crippen LogP contribution in [0.25, 0.3) is 0 Å². The third-order valence-electron chi connectivity index (χ3n) is 5.57. The second-order valence-electron chi connectivity index (χ2n) is 7.07. The summed E-state index contributed by atoms with van der Waals surface area (Å²) in [5.41, 5.74) is 0. The van der Waals surface area contributed by atoms with Gasteiger partial charge in [-0.25, -0.2) is 0 Å². The van der Waals surface area contributed by atoms with Crippen molar-refractivity contribution in [1.82, 2.24) is 4.90 Å². The van der Waals surface area contributed by atoms with Crippen LogP contribution in [0.4, 0.5) is 0 Å². The second kappa shape index (κ2) is 8.17. The minimum Gasteiger partial charge on any atom is -0.461 e. The maximum atomic E-state index is 12.6. The van der Waals surface area contributed by atoms with Crippen LogP contribution < -0.4 is 0 Å². The van der Waals surface area contributed by atoms with Crippen LogP contribution in [0.5, 0.6) is 0 Å². The molecule has 0 radical (unpaired) electrons. The van der Waals surface area contributed by atoms with E-state index in [9.17, 15) is 4.79 Å². The summed E-state index contributed by atoms with van der Waals surface area (Å²) < 4.78 is 5.87. The monoisotopic (exact) mass is 295 g/mol. The van der Waals surface area contributed by atoms with Crippen LogP contribution in [0.15, 0.2) is 0 Å².